The van der Waals surface area contributed by atoms with Gasteiger partial charge < -0.3 is 16.0 Å². The Hall–Kier alpha value is -0.120. The Balaban J connectivity index is -0.000000384. The van der Waals surface area contributed by atoms with E-state index in [-0.39, 0.29) is 0 Å². The number of rotatable bonds is 16. The standard InChI is InChI=1S/C11H25N.C9H21N.C8H19N/c1-10(2)7-5-6-8-12-9-11(3)4;1-8(2)5-6-10-7-9(3)4;1-7(2)5-9-6-8(3)4/h10-12H,5-9H2,1-4H3;8-10H,5-7H2,1-4H3;7-9H,5-6H2,1-4H3. The third-order valence-electron chi connectivity index (χ3n) is 4.49. The fourth-order valence-electron chi connectivity index (χ4n) is 2.64. The summed E-state index contributed by atoms with van der Waals surface area (Å²) < 4.78 is 0. The first kappa shape index (κ1) is 35.5. The van der Waals surface area contributed by atoms with Crippen LogP contribution in [0.4, 0.5) is 0 Å². The minimum atomic E-state index is 0.781. The Kier molecular flexibility index (Phi) is 29.9. The molecular formula is C28H65N3. The van der Waals surface area contributed by atoms with E-state index in [4.69, 9.17) is 0 Å². The van der Waals surface area contributed by atoms with Crippen LogP contribution in [-0.4, -0.2) is 39.3 Å². The molecule has 0 aromatic carbocycles. The minimum Gasteiger partial charge on any atom is -0.316 e. The molecule has 3 heteroatoms. The molecule has 0 saturated heterocycles. The van der Waals surface area contributed by atoms with Gasteiger partial charge in [0.25, 0.3) is 0 Å². The zero-order valence-corrected chi connectivity index (χ0v) is 24.0. The Morgan fingerprint density at radius 1 is 0.355 bits per heavy atom. The quantitative estimate of drug-likeness (QED) is 0.220. The highest BCUT2D eigenvalue weighted by Crippen LogP contribution is 2.05. The van der Waals surface area contributed by atoms with Crippen LogP contribution in [-0.2, 0) is 0 Å². The van der Waals surface area contributed by atoms with Crippen LogP contribution in [0.2, 0.25) is 0 Å². The van der Waals surface area contributed by atoms with Crippen molar-refractivity contribution in [1.29, 1.82) is 0 Å². The summed E-state index contributed by atoms with van der Waals surface area (Å²) in [5.74, 6) is 4.84. The van der Waals surface area contributed by atoms with Crippen LogP contribution >= 0.6 is 0 Å². The highest BCUT2D eigenvalue weighted by Gasteiger charge is 1.96. The summed E-state index contributed by atoms with van der Waals surface area (Å²) in [4.78, 5) is 0. The van der Waals surface area contributed by atoms with Gasteiger partial charge in [0, 0.05) is 0 Å². The minimum absolute atomic E-state index is 0.781. The van der Waals surface area contributed by atoms with Crippen LogP contribution in [0.3, 0.4) is 0 Å². The van der Waals surface area contributed by atoms with E-state index in [1.54, 1.807) is 0 Å². The monoisotopic (exact) mass is 444 g/mol. The predicted molar refractivity (Wildman–Crippen MR) is 146 cm³/mol. The van der Waals surface area contributed by atoms with Crippen molar-refractivity contribution in [3.05, 3.63) is 0 Å². The van der Waals surface area contributed by atoms with Crippen LogP contribution in [0.25, 0.3) is 0 Å². The molecule has 192 valence electrons. The van der Waals surface area contributed by atoms with Crippen molar-refractivity contribution in [1.82, 2.24) is 16.0 Å². The topological polar surface area (TPSA) is 36.1 Å². The van der Waals surface area contributed by atoms with Gasteiger partial charge in [-0.3, -0.25) is 0 Å². The molecule has 3 nitrogen and oxygen atoms in total. The second-order valence-electron chi connectivity index (χ2n) is 11.7. The average molecular weight is 444 g/mol. The summed E-state index contributed by atoms with van der Waals surface area (Å²) in [6.45, 7) is 34.0. The van der Waals surface area contributed by atoms with Crippen LogP contribution < -0.4 is 16.0 Å². The normalized spacial score (nSPS) is 11.4. The first-order valence-corrected chi connectivity index (χ1v) is 13.5. The lowest BCUT2D eigenvalue weighted by Gasteiger charge is -2.08. The van der Waals surface area contributed by atoms with Gasteiger partial charge in [-0.1, -0.05) is 95.9 Å². The smallest absolute Gasteiger partial charge is 0.00257 e. The maximum Gasteiger partial charge on any atom is -0.00257 e. The van der Waals surface area contributed by atoms with Crippen molar-refractivity contribution in [3.8, 4) is 0 Å². The lowest BCUT2D eigenvalue weighted by atomic mass is 10.1. The molecule has 0 atom stereocenters. The van der Waals surface area contributed by atoms with E-state index in [9.17, 15) is 0 Å². The van der Waals surface area contributed by atoms with E-state index < -0.39 is 0 Å². The SMILES string of the molecule is CC(C)CCCCNCC(C)C.CC(C)CCNCC(C)C.CC(C)CNCC(C)C. The van der Waals surface area contributed by atoms with Gasteiger partial charge in [-0.25, -0.2) is 0 Å². The molecule has 0 saturated carbocycles. The molecule has 0 bridgehead atoms. The summed E-state index contributed by atoms with van der Waals surface area (Å²) in [5, 5.41) is 10.3. The van der Waals surface area contributed by atoms with Crippen molar-refractivity contribution in [3.63, 3.8) is 0 Å². The molecule has 0 amide bonds. The second-order valence-corrected chi connectivity index (χ2v) is 11.7. The number of nitrogens with one attached hydrogen (secondary N) is 3. The fourth-order valence-corrected chi connectivity index (χ4v) is 2.64. The third kappa shape index (κ3) is 48.5. The molecule has 0 aliphatic heterocycles. The van der Waals surface area contributed by atoms with E-state index in [0.717, 1.165) is 55.1 Å². The largest absolute Gasteiger partial charge is 0.316 e. The van der Waals surface area contributed by atoms with E-state index in [2.05, 4.69) is 99.0 Å². The van der Waals surface area contributed by atoms with Gasteiger partial charge >= 0.3 is 0 Å². The van der Waals surface area contributed by atoms with Gasteiger partial charge in [0.05, 0.1) is 0 Å². The van der Waals surface area contributed by atoms with Crippen LogP contribution in [0.5, 0.6) is 0 Å². The van der Waals surface area contributed by atoms with Crippen molar-refractivity contribution in [2.75, 3.05) is 39.3 Å². The number of hydrogen-bond acceptors (Lipinski definition) is 3. The molecule has 0 aliphatic rings. The van der Waals surface area contributed by atoms with E-state index in [1.807, 2.05) is 0 Å². The van der Waals surface area contributed by atoms with Gasteiger partial charge in [-0.05, 0) is 87.6 Å². The molecule has 31 heavy (non-hydrogen) atoms. The van der Waals surface area contributed by atoms with Crippen LogP contribution in [0, 0.1) is 35.5 Å². The lowest BCUT2D eigenvalue weighted by Crippen LogP contribution is -2.23. The highest BCUT2D eigenvalue weighted by atomic mass is 14.9. The number of hydrogen-bond donors (Lipinski definition) is 3. The zero-order chi connectivity index (χ0) is 24.7. The highest BCUT2D eigenvalue weighted by molar-refractivity contribution is 4.54. The van der Waals surface area contributed by atoms with Crippen molar-refractivity contribution >= 4 is 0 Å². The first-order chi connectivity index (χ1) is 14.4. The van der Waals surface area contributed by atoms with E-state index >= 15 is 0 Å². The second kappa shape index (κ2) is 26.1. The van der Waals surface area contributed by atoms with Gasteiger partial charge in [0.15, 0.2) is 0 Å². The van der Waals surface area contributed by atoms with Gasteiger partial charge in [-0.2, -0.15) is 0 Å². The van der Waals surface area contributed by atoms with E-state index in [1.165, 1.54) is 45.3 Å². The molecule has 0 aliphatic carbocycles. The summed E-state index contributed by atoms with van der Waals surface area (Å²) in [5.41, 5.74) is 0. The van der Waals surface area contributed by atoms with Crippen LogP contribution in [0.15, 0.2) is 0 Å². The zero-order valence-electron chi connectivity index (χ0n) is 24.0. The van der Waals surface area contributed by atoms with Crippen LogP contribution in [0.1, 0.15) is 109 Å². The van der Waals surface area contributed by atoms with Crippen molar-refractivity contribution in [2.24, 2.45) is 35.5 Å². The van der Waals surface area contributed by atoms with Gasteiger partial charge in [0.2, 0.25) is 0 Å². The Bertz CT molecular complexity index is 279. The molecule has 0 heterocycles. The molecule has 0 unspecified atom stereocenters. The first-order valence-electron chi connectivity index (χ1n) is 13.5. The Labute approximate surface area is 199 Å². The summed E-state index contributed by atoms with van der Waals surface area (Å²) in [6.07, 6.45) is 5.39. The number of unbranched alkanes of at least 4 members (excludes halogenated alkanes) is 1. The third-order valence-corrected chi connectivity index (χ3v) is 4.49. The summed E-state index contributed by atoms with van der Waals surface area (Å²) >= 11 is 0. The molecule has 3 N–H and O–H groups in total. The van der Waals surface area contributed by atoms with Crippen molar-refractivity contribution in [2.45, 2.75) is 109 Å². The molecule has 0 radical (unpaired) electrons. The van der Waals surface area contributed by atoms with Gasteiger partial charge in [0.1, 0.15) is 0 Å². The van der Waals surface area contributed by atoms with Gasteiger partial charge in [-0.15, -0.1) is 0 Å². The molecular weight excluding hydrogens is 378 g/mol. The molecule has 0 rings (SSSR count). The lowest BCUT2D eigenvalue weighted by molar-refractivity contribution is 0.497. The Morgan fingerprint density at radius 2 is 0.710 bits per heavy atom. The molecule has 0 aromatic heterocycles. The average Bonchev–Trinajstić information content (AvgIpc) is 2.61. The molecule has 0 spiro atoms. The van der Waals surface area contributed by atoms with E-state index in [0.29, 0.717) is 0 Å². The summed E-state index contributed by atoms with van der Waals surface area (Å²) in [6, 6.07) is 0. The molecule has 0 aromatic rings. The maximum atomic E-state index is 3.46. The Morgan fingerprint density at radius 3 is 1.06 bits per heavy atom. The summed E-state index contributed by atoms with van der Waals surface area (Å²) in [7, 11) is 0. The fraction of sp³-hybridized carbons (Fsp3) is 1.00. The maximum absolute atomic E-state index is 3.46. The predicted octanol–water partition coefficient (Wildman–Crippen LogP) is 7.22. The van der Waals surface area contributed by atoms with Crippen molar-refractivity contribution < 1.29 is 0 Å². The molecule has 0 fully saturated rings.